The molecule has 1 atom stereocenters. The molecule has 0 amide bonds. The molecule has 0 aromatic heterocycles. The lowest BCUT2D eigenvalue weighted by molar-refractivity contribution is 0.454. The second kappa shape index (κ2) is 16.7. The second-order valence-electron chi connectivity index (χ2n) is 6.28. The first kappa shape index (κ1) is 19.7. The number of hydrogen-bond acceptors (Lipinski definition) is 1. The van der Waals surface area contributed by atoms with Crippen molar-refractivity contribution >= 4 is 6.29 Å². The average molecular weight is 282 g/mol. The Hall–Kier alpha value is -0.330. The van der Waals surface area contributed by atoms with E-state index in [0.29, 0.717) is 0 Å². The first-order valence-corrected chi connectivity index (χ1v) is 9.22. The van der Waals surface area contributed by atoms with Gasteiger partial charge in [0.25, 0.3) is 0 Å². The van der Waals surface area contributed by atoms with Crippen LogP contribution in [0.2, 0.25) is 0 Å². The molecule has 0 fully saturated rings. The summed E-state index contributed by atoms with van der Waals surface area (Å²) >= 11 is 0. The topological polar surface area (TPSA) is 17.1 Å². The summed E-state index contributed by atoms with van der Waals surface area (Å²) in [6.45, 7) is 4.48. The Labute approximate surface area is 127 Å². The van der Waals surface area contributed by atoms with Gasteiger partial charge in [0.1, 0.15) is 0 Å². The summed E-state index contributed by atoms with van der Waals surface area (Å²) < 4.78 is 0. The van der Waals surface area contributed by atoms with Crippen molar-refractivity contribution in [1.82, 2.24) is 0 Å². The molecule has 0 heterocycles. The van der Waals surface area contributed by atoms with Crippen molar-refractivity contribution in [3.05, 3.63) is 0 Å². The molecule has 0 saturated carbocycles. The van der Waals surface area contributed by atoms with Gasteiger partial charge in [-0.2, -0.15) is 0 Å². The Morgan fingerprint density at radius 3 is 1.40 bits per heavy atom. The van der Waals surface area contributed by atoms with Gasteiger partial charge in [-0.1, -0.05) is 97.3 Å². The molecule has 0 spiro atoms. The fraction of sp³-hybridized carbons (Fsp3) is 0.947. The van der Waals surface area contributed by atoms with Gasteiger partial charge in [0.2, 0.25) is 6.29 Å². The molecule has 119 valence electrons. The van der Waals surface area contributed by atoms with Crippen molar-refractivity contribution < 1.29 is 4.79 Å². The van der Waals surface area contributed by atoms with Gasteiger partial charge in [0, 0.05) is 5.92 Å². The van der Waals surface area contributed by atoms with Crippen LogP contribution in [-0.2, 0) is 4.79 Å². The minimum atomic E-state index is 0.218. The molecule has 20 heavy (non-hydrogen) atoms. The van der Waals surface area contributed by atoms with Gasteiger partial charge in [0.05, 0.1) is 0 Å². The Balaban J connectivity index is 3.22. The van der Waals surface area contributed by atoms with Gasteiger partial charge in [-0.15, -0.1) is 0 Å². The van der Waals surface area contributed by atoms with Gasteiger partial charge >= 0.3 is 0 Å². The highest BCUT2D eigenvalue weighted by Gasteiger charge is 2.07. The Morgan fingerprint density at radius 2 is 0.950 bits per heavy atom. The molecular formula is C19H37O. The fourth-order valence-corrected chi connectivity index (χ4v) is 2.78. The monoisotopic (exact) mass is 281 g/mol. The predicted octanol–water partition coefficient (Wildman–Crippen LogP) is 6.60. The minimum Gasteiger partial charge on any atom is -0.291 e. The van der Waals surface area contributed by atoms with Gasteiger partial charge in [-0.3, -0.25) is 4.79 Å². The lowest BCUT2D eigenvalue weighted by Crippen LogP contribution is -2.01. The SMILES string of the molecule is CCCCCCCCCCCCC([C]=O)CCCCC. The van der Waals surface area contributed by atoms with E-state index in [2.05, 4.69) is 20.1 Å². The summed E-state index contributed by atoms with van der Waals surface area (Å²) in [5, 5.41) is 0. The van der Waals surface area contributed by atoms with Crippen LogP contribution in [0.3, 0.4) is 0 Å². The normalized spacial score (nSPS) is 12.5. The van der Waals surface area contributed by atoms with Gasteiger partial charge < -0.3 is 0 Å². The standard InChI is InChI=1S/C19H37O/c1-3-5-7-8-9-10-11-12-13-15-17-19(18-20)16-14-6-4-2/h19H,3-17H2,1-2H3. The molecule has 0 aromatic rings. The molecule has 0 rings (SSSR count). The molecule has 1 radical (unpaired) electrons. The maximum absolute atomic E-state index is 10.9. The number of hydrogen-bond donors (Lipinski definition) is 0. The van der Waals surface area contributed by atoms with Crippen molar-refractivity contribution in [1.29, 1.82) is 0 Å². The van der Waals surface area contributed by atoms with Crippen molar-refractivity contribution in [2.75, 3.05) is 0 Å². The van der Waals surface area contributed by atoms with Crippen LogP contribution >= 0.6 is 0 Å². The largest absolute Gasteiger partial charge is 0.291 e. The van der Waals surface area contributed by atoms with Crippen LogP contribution in [-0.4, -0.2) is 6.29 Å². The van der Waals surface area contributed by atoms with E-state index in [0.717, 1.165) is 12.8 Å². The van der Waals surface area contributed by atoms with Crippen molar-refractivity contribution in [3.63, 3.8) is 0 Å². The molecule has 0 bridgehead atoms. The molecule has 0 aliphatic rings. The predicted molar refractivity (Wildman–Crippen MR) is 89.8 cm³/mol. The molecular weight excluding hydrogens is 244 g/mol. The van der Waals surface area contributed by atoms with E-state index in [1.807, 2.05) is 0 Å². The van der Waals surface area contributed by atoms with Gasteiger partial charge in [-0.25, -0.2) is 0 Å². The van der Waals surface area contributed by atoms with Crippen molar-refractivity contribution in [2.45, 2.75) is 110 Å². The molecule has 0 N–H and O–H groups in total. The Kier molecular flexibility index (Phi) is 16.4. The summed E-state index contributed by atoms with van der Waals surface area (Å²) in [4.78, 5) is 10.9. The molecule has 0 aliphatic carbocycles. The van der Waals surface area contributed by atoms with Crippen LogP contribution in [0.15, 0.2) is 0 Å². The van der Waals surface area contributed by atoms with Crippen LogP contribution in [0.1, 0.15) is 110 Å². The highest BCUT2D eigenvalue weighted by atomic mass is 16.1. The summed E-state index contributed by atoms with van der Waals surface area (Å²) in [7, 11) is 0. The number of unbranched alkanes of at least 4 members (excludes halogenated alkanes) is 11. The third kappa shape index (κ3) is 14.1. The van der Waals surface area contributed by atoms with E-state index in [4.69, 9.17) is 0 Å². The zero-order valence-electron chi connectivity index (χ0n) is 14.1. The molecule has 0 saturated heterocycles. The third-order valence-electron chi connectivity index (χ3n) is 4.23. The van der Waals surface area contributed by atoms with Gasteiger partial charge in [0.15, 0.2) is 0 Å². The average Bonchev–Trinajstić information content (AvgIpc) is 2.47. The molecule has 1 nitrogen and oxygen atoms in total. The highest BCUT2D eigenvalue weighted by Crippen LogP contribution is 2.17. The van der Waals surface area contributed by atoms with E-state index in [9.17, 15) is 4.79 Å². The van der Waals surface area contributed by atoms with E-state index in [1.165, 1.54) is 83.5 Å². The van der Waals surface area contributed by atoms with Crippen molar-refractivity contribution in [2.24, 2.45) is 5.92 Å². The summed E-state index contributed by atoms with van der Waals surface area (Å²) in [5.74, 6) is 0.218. The maximum atomic E-state index is 10.9. The quantitative estimate of drug-likeness (QED) is 0.291. The molecule has 0 aliphatic heterocycles. The lowest BCUT2D eigenvalue weighted by Gasteiger charge is -2.08. The fourth-order valence-electron chi connectivity index (χ4n) is 2.78. The van der Waals surface area contributed by atoms with E-state index >= 15 is 0 Å². The van der Waals surface area contributed by atoms with E-state index in [1.54, 1.807) is 0 Å². The van der Waals surface area contributed by atoms with Crippen molar-refractivity contribution in [3.8, 4) is 0 Å². The summed E-state index contributed by atoms with van der Waals surface area (Å²) in [6.07, 6.45) is 21.8. The third-order valence-corrected chi connectivity index (χ3v) is 4.23. The smallest absolute Gasteiger partial charge is 0.201 e. The Morgan fingerprint density at radius 1 is 0.600 bits per heavy atom. The summed E-state index contributed by atoms with van der Waals surface area (Å²) in [6, 6.07) is 0. The van der Waals surface area contributed by atoms with E-state index < -0.39 is 0 Å². The minimum absolute atomic E-state index is 0.218. The molecule has 0 aromatic carbocycles. The summed E-state index contributed by atoms with van der Waals surface area (Å²) in [5.41, 5.74) is 0. The van der Waals surface area contributed by atoms with Crippen LogP contribution in [0, 0.1) is 5.92 Å². The number of carbonyl (C=O) groups excluding carboxylic acids is 1. The highest BCUT2D eigenvalue weighted by molar-refractivity contribution is 5.54. The van der Waals surface area contributed by atoms with Crippen LogP contribution in [0.4, 0.5) is 0 Å². The zero-order valence-corrected chi connectivity index (χ0v) is 14.1. The van der Waals surface area contributed by atoms with Crippen LogP contribution < -0.4 is 0 Å². The first-order valence-electron chi connectivity index (χ1n) is 9.22. The van der Waals surface area contributed by atoms with Gasteiger partial charge in [-0.05, 0) is 12.8 Å². The van der Waals surface area contributed by atoms with Crippen LogP contribution in [0.25, 0.3) is 0 Å². The lowest BCUT2D eigenvalue weighted by atomic mass is 9.96. The Bertz CT molecular complexity index is 188. The van der Waals surface area contributed by atoms with Crippen LogP contribution in [0.5, 0.6) is 0 Å². The van der Waals surface area contributed by atoms with E-state index in [-0.39, 0.29) is 5.92 Å². The molecule has 1 heteroatoms. The molecule has 1 unspecified atom stereocenters. The first-order chi connectivity index (χ1) is 9.85. The second-order valence-corrected chi connectivity index (χ2v) is 6.28. The number of rotatable bonds is 16. The maximum Gasteiger partial charge on any atom is 0.201 e. The zero-order chi connectivity index (χ0) is 14.9.